The smallest absolute Gasteiger partial charge is 0.283 e. The molecule has 0 aromatic carbocycles. The van der Waals surface area contributed by atoms with Crippen LogP contribution >= 0.6 is 27.7 Å². The molecule has 3 heterocycles. The number of nitrogens with two attached hydrogens (primary N) is 1. The van der Waals surface area contributed by atoms with Gasteiger partial charge in [-0.1, -0.05) is 0 Å². The number of thioether (sulfide) groups is 1. The van der Waals surface area contributed by atoms with E-state index in [0.717, 1.165) is 4.90 Å². The van der Waals surface area contributed by atoms with Gasteiger partial charge in [-0.15, -0.1) is 22.0 Å². The Morgan fingerprint density at radius 3 is 2.85 bits per heavy atom. The molecule has 20 heavy (non-hydrogen) atoms. The van der Waals surface area contributed by atoms with Crippen LogP contribution in [0.1, 0.15) is 5.89 Å². The lowest BCUT2D eigenvalue weighted by atomic mass is 10.4. The summed E-state index contributed by atoms with van der Waals surface area (Å²) in [6.07, 6.45) is 3.31. The van der Waals surface area contributed by atoms with Gasteiger partial charge in [0.25, 0.3) is 5.89 Å². The zero-order chi connectivity index (χ0) is 13.9. The van der Waals surface area contributed by atoms with Crippen molar-refractivity contribution in [3.05, 3.63) is 41.2 Å². The number of anilines is 1. The molecular formula is C12H9BrN4O2S. The first kappa shape index (κ1) is 13.2. The average Bonchev–Trinajstić information content (AvgIpc) is 3.06. The molecule has 3 aromatic heterocycles. The van der Waals surface area contributed by atoms with Gasteiger partial charge in [0.15, 0.2) is 10.4 Å². The van der Waals surface area contributed by atoms with E-state index in [0.29, 0.717) is 33.7 Å². The standard InChI is InChI=1S/C12H9BrN4O2S/c13-10-2-1-8(18-10)12-17-16-11(19-12)6-20-9-3-4-15-5-7(9)14/h1-5H,6,14H2. The fourth-order valence-electron chi connectivity index (χ4n) is 1.51. The lowest BCUT2D eigenvalue weighted by Crippen LogP contribution is -1.89. The highest BCUT2D eigenvalue weighted by Crippen LogP contribution is 2.28. The fourth-order valence-corrected chi connectivity index (χ4v) is 2.58. The van der Waals surface area contributed by atoms with Crippen molar-refractivity contribution < 1.29 is 8.83 Å². The molecule has 102 valence electrons. The molecule has 0 bridgehead atoms. The number of furan rings is 1. The van der Waals surface area contributed by atoms with Gasteiger partial charge in [-0.25, -0.2) is 0 Å². The second kappa shape index (κ2) is 5.68. The van der Waals surface area contributed by atoms with E-state index in [2.05, 4.69) is 31.1 Å². The summed E-state index contributed by atoms with van der Waals surface area (Å²) in [6, 6.07) is 5.38. The van der Waals surface area contributed by atoms with Crippen molar-refractivity contribution in [2.45, 2.75) is 10.6 Å². The van der Waals surface area contributed by atoms with E-state index in [1.165, 1.54) is 11.8 Å². The first-order valence-corrected chi connectivity index (χ1v) is 7.40. The number of nitrogen functional groups attached to an aromatic ring is 1. The van der Waals surface area contributed by atoms with Gasteiger partial charge in [0.2, 0.25) is 5.89 Å². The third-order valence-corrected chi connectivity index (χ3v) is 3.91. The first-order valence-electron chi connectivity index (χ1n) is 5.63. The molecule has 0 spiro atoms. The van der Waals surface area contributed by atoms with E-state index in [9.17, 15) is 0 Å². The molecule has 0 unspecified atom stereocenters. The molecule has 0 fully saturated rings. The van der Waals surface area contributed by atoms with Crippen molar-refractivity contribution in [1.29, 1.82) is 0 Å². The van der Waals surface area contributed by atoms with Crippen molar-refractivity contribution in [2.24, 2.45) is 0 Å². The van der Waals surface area contributed by atoms with E-state index < -0.39 is 0 Å². The Balaban J connectivity index is 1.70. The van der Waals surface area contributed by atoms with Crippen molar-refractivity contribution in [1.82, 2.24) is 15.2 Å². The molecule has 3 aromatic rings. The number of hydrogen-bond acceptors (Lipinski definition) is 7. The third-order valence-electron chi connectivity index (χ3n) is 2.41. The molecule has 0 amide bonds. The number of pyridine rings is 1. The molecule has 0 aliphatic rings. The van der Waals surface area contributed by atoms with E-state index in [-0.39, 0.29) is 0 Å². The molecule has 8 heteroatoms. The van der Waals surface area contributed by atoms with Gasteiger partial charge in [0.05, 0.1) is 17.6 Å². The van der Waals surface area contributed by atoms with Gasteiger partial charge in [-0.05, 0) is 34.1 Å². The van der Waals surface area contributed by atoms with E-state index in [4.69, 9.17) is 14.6 Å². The third kappa shape index (κ3) is 2.86. The summed E-state index contributed by atoms with van der Waals surface area (Å²) in [7, 11) is 0. The Bertz CT molecular complexity index is 728. The maximum atomic E-state index is 5.81. The first-order chi connectivity index (χ1) is 9.72. The lowest BCUT2D eigenvalue weighted by Gasteiger charge is -2.01. The van der Waals surface area contributed by atoms with Crippen LogP contribution in [0, 0.1) is 0 Å². The van der Waals surface area contributed by atoms with Crippen LogP contribution in [-0.4, -0.2) is 15.2 Å². The molecule has 0 saturated heterocycles. The number of nitrogens with zero attached hydrogens (tertiary/aromatic N) is 3. The molecular weight excluding hydrogens is 344 g/mol. The topological polar surface area (TPSA) is 91.0 Å². The maximum Gasteiger partial charge on any atom is 0.283 e. The Labute approximate surface area is 126 Å². The summed E-state index contributed by atoms with van der Waals surface area (Å²) < 4.78 is 11.5. The van der Waals surface area contributed by atoms with E-state index >= 15 is 0 Å². The SMILES string of the molecule is Nc1cnccc1SCc1nnc(-c2ccc(Br)o2)o1. The highest BCUT2D eigenvalue weighted by atomic mass is 79.9. The fraction of sp³-hybridized carbons (Fsp3) is 0.0833. The monoisotopic (exact) mass is 352 g/mol. The largest absolute Gasteiger partial charge is 0.444 e. The van der Waals surface area contributed by atoms with Gasteiger partial charge >= 0.3 is 0 Å². The summed E-state index contributed by atoms with van der Waals surface area (Å²) in [6.45, 7) is 0. The second-order valence-corrected chi connectivity index (χ2v) is 5.61. The Kier molecular flexibility index (Phi) is 3.75. The summed E-state index contributed by atoms with van der Waals surface area (Å²) >= 11 is 4.74. The summed E-state index contributed by atoms with van der Waals surface area (Å²) in [5, 5.41) is 7.92. The molecule has 2 N–H and O–H groups in total. The highest BCUT2D eigenvalue weighted by Gasteiger charge is 2.12. The number of rotatable bonds is 4. The van der Waals surface area contributed by atoms with Gasteiger partial charge in [-0.3, -0.25) is 4.98 Å². The second-order valence-electron chi connectivity index (χ2n) is 3.81. The summed E-state index contributed by atoms with van der Waals surface area (Å²) in [5.41, 5.74) is 6.45. The van der Waals surface area contributed by atoms with Crippen LogP contribution in [0.4, 0.5) is 5.69 Å². The minimum absolute atomic E-state index is 0.356. The van der Waals surface area contributed by atoms with Crippen LogP contribution < -0.4 is 5.73 Å². The molecule has 3 rings (SSSR count). The number of aromatic nitrogens is 3. The average molecular weight is 353 g/mol. The van der Waals surface area contributed by atoms with E-state index in [1.54, 1.807) is 24.5 Å². The van der Waals surface area contributed by atoms with Crippen LogP contribution in [0.25, 0.3) is 11.7 Å². The van der Waals surface area contributed by atoms with Crippen LogP contribution in [0.5, 0.6) is 0 Å². The van der Waals surface area contributed by atoms with Crippen molar-refractivity contribution in [2.75, 3.05) is 5.73 Å². The molecule has 0 aliphatic carbocycles. The van der Waals surface area contributed by atoms with Gasteiger partial charge < -0.3 is 14.6 Å². The highest BCUT2D eigenvalue weighted by molar-refractivity contribution is 9.10. The van der Waals surface area contributed by atoms with Crippen molar-refractivity contribution in [3.63, 3.8) is 0 Å². The van der Waals surface area contributed by atoms with E-state index in [1.807, 2.05) is 6.07 Å². The molecule has 0 saturated carbocycles. The normalized spacial score (nSPS) is 10.8. The molecule has 0 atom stereocenters. The Morgan fingerprint density at radius 2 is 2.10 bits per heavy atom. The predicted octanol–water partition coefficient (Wildman–Crippen LogP) is 3.36. The Morgan fingerprint density at radius 1 is 1.20 bits per heavy atom. The molecule has 0 radical (unpaired) electrons. The van der Waals surface area contributed by atoms with Gasteiger partial charge in [-0.2, -0.15) is 0 Å². The maximum absolute atomic E-state index is 5.81. The zero-order valence-electron chi connectivity index (χ0n) is 10.1. The molecule has 0 aliphatic heterocycles. The zero-order valence-corrected chi connectivity index (χ0v) is 12.5. The summed E-state index contributed by atoms with van der Waals surface area (Å²) in [5.74, 6) is 1.93. The van der Waals surface area contributed by atoms with Crippen LogP contribution in [-0.2, 0) is 5.75 Å². The predicted molar refractivity (Wildman–Crippen MR) is 77.9 cm³/mol. The van der Waals surface area contributed by atoms with Gasteiger partial charge in [0, 0.05) is 11.1 Å². The van der Waals surface area contributed by atoms with Crippen molar-refractivity contribution in [3.8, 4) is 11.7 Å². The number of hydrogen-bond donors (Lipinski definition) is 1. The minimum atomic E-state index is 0.356. The Hall–Kier alpha value is -1.80. The van der Waals surface area contributed by atoms with Crippen molar-refractivity contribution >= 4 is 33.4 Å². The van der Waals surface area contributed by atoms with Crippen LogP contribution in [0.3, 0.4) is 0 Å². The van der Waals surface area contributed by atoms with Crippen LogP contribution in [0.2, 0.25) is 0 Å². The van der Waals surface area contributed by atoms with Gasteiger partial charge in [0.1, 0.15) is 0 Å². The van der Waals surface area contributed by atoms with Crippen LogP contribution in [0.15, 0.2) is 49.0 Å². The molecule has 6 nitrogen and oxygen atoms in total. The lowest BCUT2D eigenvalue weighted by molar-refractivity contribution is 0.486. The summed E-state index contributed by atoms with van der Waals surface area (Å²) in [4.78, 5) is 4.87. The quantitative estimate of drug-likeness (QED) is 0.719. The minimum Gasteiger partial charge on any atom is -0.444 e. The number of halogens is 1.